The van der Waals surface area contributed by atoms with Crippen LogP contribution in [0.25, 0.3) is 0 Å². The van der Waals surface area contributed by atoms with Gasteiger partial charge in [0.15, 0.2) is 16.6 Å². The van der Waals surface area contributed by atoms with Crippen molar-refractivity contribution in [2.45, 2.75) is 20.3 Å². The first-order valence-electron chi connectivity index (χ1n) is 7.86. The summed E-state index contributed by atoms with van der Waals surface area (Å²) in [5, 5.41) is 7.12. The van der Waals surface area contributed by atoms with E-state index in [1.165, 1.54) is 11.1 Å². The Morgan fingerprint density at radius 1 is 1.00 bits per heavy atom. The first-order chi connectivity index (χ1) is 11.5. The van der Waals surface area contributed by atoms with Crippen molar-refractivity contribution in [3.05, 3.63) is 53.1 Å². The molecule has 0 saturated heterocycles. The molecule has 5 heteroatoms. The SMILES string of the molecule is COc1ccc(CCNC(=S)Nc2cc(C)ccc2C)cc1OC. The van der Waals surface area contributed by atoms with E-state index in [0.717, 1.165) is 35.7 Å². The zero-order chi connectivity index (χ0) is 17.5. The summed E-state index contributed by atoms with van der Waals surface area (Å²) in [6.45, 7) is 4.87. The zero-order valence-electron chi connectivity index (χ0n) is 14.6. The largest absolute Gasteiger partial charge is 0.493 e. The van der Waals surface area contributed by atoms with Crippen molar-refractivity contribution in [3.8, 4) is 11.5 Å². The molecular weight excluding hydrogens is 320 g/mol. The van der Waals surface area contributed by atoms with Crippen LogP contribution in [0.2, 0.25) is 0 Å². The fourth-order valence-electron chi connectivity index (χ4n) is 2.39. The van der Waals surface area contributed by atoms with Gasteiger partial charge in [0, 0.05) is 12.2 Å². The number of hydrogen-bond acceptors (Lipinski definition) is 3. The van der Waals surface area contributed by atoms with Crippen LogP contribution in [0, 0.1) is 13.8 Å². The number of nitrogens with one attached hydrogen (secondary N) is 2. The second-order valence-corrected chi connectivity index (χ2v) is 6.05. The quantitative estimate of drug-likeness (QED) is 0.779. The molecule has 0 spiro atoms. The molecule has 0 aliphatic rings. The average molecular weight is 344 g/mol. The van der Waals surface area contributed by atoms with Gasteiger partial charge >= 0.3 is 0 Å². The van der Waals surface area contributed by atoms with E-state index in [1.54, 1.807) is 14.2 Å². The molecule has 0 radical (unpaired) electrons. The van der Waals surface area contributed by atoms with Crippen molar-refractivity contribution in [3.63, 3.8) is 0 Å². The predicted octanol–water partition coefficient (Wildman–Crippen LogP) is 3.85. The zero-order valence-corrected chi connectivity index (χ0v) is 15.4. The van der Waals surface area contributed by atoms with Gasteiger partial charge in [0.1, 0.15) is 0 Å². The van der Waals surface area contributed by atoms with E-state index >= 15 is 0 Å². The molecule has 2 rings (SSSR count). The Balaban J connectivity index is 1.87. The molecule has 0 fully saturated rings. The van der Waals surface area contributed by atoms with E-state index in [9.17, 15) is 0 Å². The lowest BCUT2D eigenvalue weighted by molar-refractivity contribution is 0.354. The number of thiocarbonyl (C=S) groups is 1. The van der Waals surface area contributed by atoms with Gasteiger partial charge in [0.2, 0.25) is 0 Å². The van der Waals surface area contributed by atoms with Gasteiger partial charge in [-0.3, -0.25) is 0 Å². The van der Waals surface area contributed by atoms with Gasteiger partial charge in [-0.05, 0) is 67.4 Å². The van der Waals surface area contributed by atoms with E-state index in [4.69, 9.17) is 21.7 Å². The smallest absolute Gasteiger partial charge is 0.170 e. The highest BCUT2D eigenvalue weighted by atomic mass is 32.1. The Bertz CT molecular complexity index is 717. The van der Waals surface area contributed by atoms with Gasteiger partial charge in [-0.25, -0.2) is 0 Å². The summed E-state index contributed by atoms with van der Waals surface area (Å²) in [6, 6.07) is 12.2. The maximum Gasteiger partial charge on any atom is 0.170 e. The van der Waals surface area contributed by atoms with Gasteiger partial charge in [0.25, 0.3) is 0 Å². The average Bonchev–Trinajstić information content (AvgIpc) is 2.58. The fraction of sp³-hybridized carbons (Fsp3) is 0.316. The molecule has 0 unspecified atom stereocenters. The molecule has 2 N–H and O–H groups in total. The van der Waals surface area contributed by atoms with Gasteiger partial charge in [-0.1, -0.05) is 18.2 Å². The number of hydrogen-bond donors (Lipinski definition) is 2. The summed E-state index contributed by atoms with van der Waals surface area (Å²) in [5.74, 6) is 1.48. The molecule has 0 aliphatic heterocycles. The Kier molecular flexibility index (Phi) is 6.44. The van der Waals surface area contributed by atoms with E-state index in [2.05, 4.69) is 42.7 Å². The van der Waals surface area contributed by atoms with Crippen LogP contribution in [-0.4, -0.2) is 25.9 Å². The topological polar surface area (TPSA) is 42.5 Å². The number of anilines is 1. The number of rotatable bonds is 6. The van der Waals surface area contributed by atoms with Crippen molar-refractivity contribution in [2.75, 3.05) is 26.1 Å². The van der Waals surface area contributed by atoms with E-state index in [-0.39, 0.29) is 0 Å². The van der Waals surface area contributed by atoms with Crippen LogP contribution in [0.3, 0.4) is 0 Å². The van der Waals surface area contributed by atoms with E-state index in [0.29, 0.717) is 5.11 Å². The van der Waals surface area contributed by atoms with Crippen molar-refractivity contribution in [1.82, 2.24) is 5.32 Å². The highest BCUT2D eigenvalue weighted by molar-refractivity contribution is 7.80. The van der Waals surface area contributed by atoms with Crippen LogP contribution in [0.5, 0.6) is 11.5 Å². The monoisotopic (exact) mass is 344 g/mol. The first-order valence-corrected chi connectivity index (χ1v) is 8.27. The highest BCUT2D eigenvalue weighted by Gasteiger charge is 2.05. The fourth-order valence-corrected chi connectivity index (χ4v) is 2.61. The molecule has 24 heavy (non-hydrogen) atoms. The van der Waals surface area contributed by atoms with Crippen LogP contribution in [0.15, 0.2) is 36.4 Å². The summed E-state index contributed by atoms with van der Waals surface area (Å²) < 4.78 is 10.6. The number of aryl methyl sites for hydroxylation is 2. The maximum absolute atomic E-state index is 5.38. The summed E-state index contributed by atoms with van der Waals surface area (Å²) >= 11 is 5.38. The number of methoxy groups -OCH3 is 2. The predicted molar refractivity (Wildman–Crippen MR) is 103 cm³/mol. The van der Waals surface area contributed by atoms with Crippen molar-refractivity contribution < 1.29 is 9.47 Å². The summed E-state index contributed by atoms with van der Waals surface area (Å²) in [5.41, 5.74) is 4.58. The summed E-state index contributed by atoms with van der Waals surface area (Å²) in [6.07, 6.45) is 0.842. The van der Waals surface area contributed by atoms with E-state index < -0.39 is 0 Å². The molecule has 0 heterocycles. The standard InChI is InChI=1S/C19H24N2O2S/c1-13-5-6-14(2)16(11-13)21-19(24)20-10-9-15-7-8-17(22-3)18(12-15)23-4/h5-8,11-12H,9-10H2,1-4H3,(H2,20,21,24). The molecule has 0 aromatic heterocycles. The van der Waals surface area contributed by atoms with Gasteiger partial charge in [-0.2, -0.15) is 0 Å². The molecule has 128 valence electrons. The molecule has 2 aromatic rings. The Hall–Kier alpha value is -2.27. The van der Waals surface area contributed by atoms with E-state index in [1.807, 2.05) is 18.2 Å². The molecule has 0 atom stereocenters. The second-order valence-electron chi connectivity index (χ2n) is 5.64. The normalized spacial score (nSPS) is 10.2. The molecule has 0 amide bonds. The minimum absolute atomic E-state index is 0.629. The maximum atomic E-state index is 5.38. The molecule has 0 bridgehead atoms. The second kappa shape index (κ2) is 8.55. The number of ether oxygens (including phenoxy) is 2. The molecule has 0 aliphatic carbocycles. The Morgan fingerprint density at radius 3 is 2.46 bits per heavy atom. The van der Waals surface area contributed by atoms with Gasteiger partial charge < -0.3 is 20.1 Å². The lowest BCUT2D eigenvalue weighted by atomic mass is 10.1. The van der Waals surface area contributed by atoms with Crippen molar-refractivity contribution >= 4 is 23.0 Å². The minimum atomic E-state index is 0.629. The summed E-state index contributed by atoms with van der Waals surface area (Å²) in [7, 11) is 3.28. The Morgan fingerprint density at radius 2 is 1.75 bits per heavy atom. The third-order valence-corrected chi connectivity index (χ3v) is 4.03. The van der Waals surface area contributed by atoms with Crippen LogP contribution < -0.4 is 20.1 Å². The van der Waals surface area contributed by atoms with Crippen LogP contribution in [0.4, 0.5) is 5.69 Å². The molecule has 0 saturated carbocycles. The molecular formula is C19H24N2O2S. The number of benzene rings is 2. The highest BCUT2D eigenvalue weighted by Crippen LogP contribution is 2.27. The lowest BCUT2D eigenvalue weighted by Crippen LogP contribution is -2.30. The summed E-state index contributed by atoms with van der Waals surface area (Å²) in [4.78, 5) is 0. The molecule has 2 aromatic carbocycles. The third kappa shape index (κ3) is 4.86. The van der Waals surface area contributed by atoms with Crippen LogP contribution in [0.1, 0.15) is 16.7 Å². The van der Waals surface area contributed by atoms with Gasteiger partial charge in [-0.15, -0.1) is 0 Å². The first kappa shape index (κ1) is 18.1. The van der Waals surface area contributed by atoms with Crippen molar-refractivity contribution in [2.24, 2.45) is 0 Å². The van der Waals surface area contributed by atoms with Crippen LogP contribution in [-0.2, 0) is 6.42 Å². The lowest BCUT2D eigenvalue weighted by Gasteiger charge is -2.14. The van der Waals surface area contributed by atoms with Crippen molar-refractivity contribution in [1.29, 1.82) is 0 Å². The van der Waals surface area contributed by atoms with Gasteiger partial charge in [0.05, 0.1) is 14.2 Å². The third-order valence-electron chi connectivity index (χ3n) is 3.79. The van der Waals surface area contributed by atoms with Crippen LogP contribution >= 0.6 is 12.2 Å². The Labute approximate surface area is 149 Å². The minimum Gasteiger partial charge on any atom is -0.493 e. The molecule has 4 nitrogen and oxygen atoms in total.